The Balaban J connectivity index is 1.92. The molecular formula is C22H21ClN4O. The van der Waals surface area contributed by atoms with E-state index in [1.54, 1.807) is 0 Å². The van der Waals surface area contributed by atoms with E-state index in [9.17, 15) is 4.79 Å². The van der Waals surface area contributed by atoms with Gasteiger partial charge < -0.3 is 5.32 Å². The smallest absolute Gasteiger partial charge is 0.221 e. The summed E-state index contributed by atoms with van der Waals surface area (Å²) in [6.07, 6.45) is 2.45. The van der Waals surface area contributed by atoms with Crippen LogP contribution in [0.4, 0.5) is 0 Å². The number of rotatable bonds is 4. The fraction of sp³-hybridized carbons (Fsp3) is 0.227. The van der Waals surface area contributed by atoms with Gasteiger partial charge in [0.25, 0.3) is 0 Å². The van der Waals surface area contributed by atoms with Crippen molar-refractivity contribution < 1.29 is 4.79 Å². The number of fused-ring (bicyclic) bond motifs is 3. The Labute approximate surface area is 169 Å². The monoisotopic (exact) mass is 392 g/mol. The topological polar surface area (TPSA) is 59.8 Å². The minimum absolute atomic E-state index is 0.00244. The van der Waals surface area contributed by atoms with Crippen molar-refractivity contribution in [3.63, 3.8) is 0 Å². The maximum absolute atomic E-state index is 12.4. The van der Waals surface area contributed by atoms with Crippen molar-refractivity contribution in [3.8, 4) is 5.69 Å². The molecule has 1 aliphatic heterocycles. The van der Waals surface area contributed by atoms with Crippen LogP contribution < -0.4 is 5.32 Å². The van der Waals surface area contributed by atoms with E-state index in [2.05, 4.69) is 38.3 Å². The van der Waals surface area contributed by atoms with Crippen LogP contribution in [0.25, 0.3) is 11.3 Å². The van der Waals surface area contributed by atoms with Crippen LogP contribution in [0.3, 0.4) is 0 Å². The molecule has 0 radical (unpaired) electrons. The van der Waals surface area contributed by atoms with Gasteiger partial charge in [0.1, 0.15) is 11.6 Å². The van der Waals surface area contributed by atoms with Gasteiger partial charge in [-0.25, -0.2) is 0 Å². The fourth-order valence-corrected chi connectivity index (χ4v) is 3.80. The van der Waals surface area contributed by atoms with Gasteiger partial charge >= 0.3 is 0 Å². The largest absolute Gasteiger partial charge is 0.356 e. The molecule has 142 valence electrons. The average Bonchev–Trinajstić information content (AvgIpc) is 3.01. The molecule has 1 amide bonds. The summed E-state index contributed by atoms with van der Waals surface area (Å²) in [4.78, 5) is 12.4. The Morgan fingerprint density at radius 2 is 1.89 bits per heavy atom. The molecular weight excluding hydrogens is 372 g/mol. The lowest BCUT2D eigenvalue weighted by Crippen LogP contribution is -2.24. The maximum atomic E-state index is 12.4. The highest BCUT2D eigenvalue weighted by Gasteiger charge is 2.28. The predicted molar refractivity (Wildman–Crippen MR) is 111 cm³/mol. The molecule has 0 unspecified atom stereocenters. The van der Waals surface area contributed by atoms with E-state index < -0.39 is 0 Å². The van der Waals surface area contributed by atoms with Crippen molar-refractivity contribution in [3.05, 3.63) is 82.4 Å². The van der Waals surface area contributed by atoms with E-state index in [1.165, 1.54) is 0 Å². The van der Waals surface area contributed by atoms with E-state index in [4.69, 9.17) is 11.6 Å². The van der Waals surface area contributed by atoms with Gasteiger partial charge in [-0.2, -0.15) is 0 Å². The number of benzene rings is 2. The first-order chi connectivity index (χ1) is 13.6. The number of hydrogen-bond acceptors (Lipinski definition) is 3. The van der Waals surface area contributed by atoms with Crippen LogP contribution in [0.5, 0.6) is 0 Å². The van der Waals surface area contributed by atoms with Crippen molar-refractivity contribution in [2.45, 2.75) is 26.2 Å². The Morgan fingerprint density at radius 3 is 2.64 bits per heavy atom. The number of nitrogens with zero attached hydrogens (tertiary/aromatic N) is 3. The van der Waals surface area contributed by atoms with Crippen LogP contribution in [0.1, 0.15) is 42.0 Å². The summed E-state index contributed by atoms with van der Waals surface area (Å²) < 4.78 is 2.05. The number of aryl methyl sites for hydroxylation is 1. The van der Waals surface area contributed by atoms with Crippen LogP contribution in [-0.2, 0) is 4.79 Å². The summed E-state index contributed by atoms with van der Waals surface area (Å²) in [7, 11) is 0. The first kappa shape index (κ1) is 18.4. The van der Waals surface area contributed by atoms with E-state index in [0.29, 0.717) is 18.0 Å². The number of hydrogen-bond donors (Lipinski definition) is 1. The normalized spacial score (nSPS) is 15.2. The number of nitrogens with one attached hydrogen (secondary N) is 1. The lowest BCUT2D eigenvalue weighted by molar-refractivity contribution is -0.121. The number of amides is 1. The van der Waals surface area contributed by atoms with Gasteiger partial charge in [-0.15, -0.1) is 10.2 Å². The van der Waals surface area contributed by atoms with Crippen molar-refractivity contribution in [1.82, 2.24) is 20.1 Å². The minimum atomic E-state index is -0.189. The van der Waals surface area contributed by atoms with Crippen LogP contribution in [0.15, 0.2) is 54.6 Å². The molecule has 0 saturated heterocycles. The zero-order valence-corrected chi connectivity index (χ0v) is 16.6. The van der Waals surface area contributed by atoms with Crippen molar-refractivity contribution >= 4 is 23.1 Å². The number of halogens is 1. The number of allylic oxidation sites excluding steroid dienone is 1. The van der Waals surface area contributed by atoms with Gasteiger partial charge in [-0.1, -0.05) is 48.0 Å². The Morgan fingerprint density at radius 1 is 1.14 bits per heavy atom. The second-order valence-corrected chi connectivity index (χ2v) is 7.25. The molecule has 0 spiro atoms. The van der Waals surface area contributed by atoms with Crippen LogP contribution in [0.2, 0.25) is 5.02 Å². The number of para-hydroxylation sites is 1. The Kier molecular flexibility index (Phi) is 5.01. The van der Waals surface area contributed by atoms with E-state index in [1.807, 2.05) is 50.2 Å². The van der Waals surface area contributed by atoms with E-state index in [-0.39, 0.29) is 11.8 Å². The molecule has 2 heterocycles. The zero-order chi connectivity index (χ0) is 19.7. The summed E-state index contributed by atoms with van der Waals surface area (Å²) in [6, 6.07) is 16.0. The van der Waals surface area contributed by atoms with Crippen LogP contribution >= 0.6 is 11.6 Å². The SMILES string of the molecule is CCNC(=O)C[C@@H]1C=C(c2ccc(Cl)cc2)c2ccccc2-n2c(C)nnc21. The van der Waals surface area contributed by atoms with Gasteiger partial charge in [-0.3, -0.25) is 9.36 Å². The molecule has 0 bridgehead atoms. The molecule has 1 N–H and O–H groups in total. The average molecular weight is 393 g/mol. The highest BCUT2D eigenvalue weighted by Crippen LogP contribution is 2.38. The van der Waals surface area contributed by atoms with Gasteiger partial charge in [0.05, 0.1) is 5.69 Å². The molecule has 5 nitrogen and oxygen atoms in total. The highest BCUT2D eigenvalue weighted by atomic mass is 35.5. The van der Waals surface area contributed by atoms with Crippen molar-refractivity contribution in [1.29, 1.82) is 0 Å². The highest BCUT2D eigenvalue weighted by molar-refractivity contribution is 6.30. The summed E-state index contributed by atoms with van der Waals surface area (Å²) in [5.41, 5.74) is 4.20. The molecule has 1 aromatic heterocycles. The van der Waals surface area contributed by atoms with E-state index in [0.717, 1.165) is 34.0 Å². The standard InChI is InChI=1S/C22H21ClN4O/c1-3-24-21(28)13-16-12-19(15-8-10-17(23)11-9-15)18-6-4-5-7-20(18)27-14(2)25-26-22(16)27/h4-12,16H,3,13H2,1-2H3,(H,24,28)/t16-/m0/s1. The van der Waals surface area contributed by atoms with Crippen molar-refractivity contribution in [2.75, 3.05) is 6.54 Å². The molecule has 28 heavy (non-hydrogen) atoms. The number of carbonyl (C=O) groups is 1. The second-order valence-electron chi connectivity index (χ2n) is 6.81. The molecule has 0 aliphatic carbocycles. The summed E-state index contributed by atoms with van der Waals surface area (Å²) in [5, 5.41) is 12.3. The lowest BCUT2D eigenvalue weighted by Gasteiger charge is -2.13. The number of carbonyl (C=O) groups excluding carboxylic acids is 1. The summed E-state index contributed by atoms with van der Waals surface area (Å²) >= 11 is 6.10. The maximum Gasteiger partial charge on any atom is 0.221 e. The van der Waals surface area contributed by atoms with Crippen molar-refractivity contribution in [2.24, 2.45) is 0 Å². The molecule has 0 saturated carbocycles. The Hall–Kier alpha value is -2.92. The first-order valence-electron chi connectivity index (χ1n) is 9.34. The van der Waals surface area contributed by atoms with Crippen LogP contribution in [0, 0.1) is 6.92 Å². The molecule has 2 aromatic carbocycles. The molecule has 4 rings (SSSR count). The van der Waals surface area contributed by atoms with Gasteiger partial charge in [0.15, 0.2) is 0 Å². The van der Waals surface area contributed by atoms with Gasteiger partial charge in [0.2, 0.25) is 5.91 Å². The molecule has 6 heteroatoms. The quantitative estimate of drug-likeness (QED) is 0.720. The second kappa shape index (κ2) is 7.60. The van der Waals surface area contributed by atoms with Crippen LogP contribution in [-0.4, -0.2) is 27.2 Å². The summed E-state index contributed by atoms with van der Waals surface area (Å²) in [5.74, 6) is 1.39. The van der Waals surface area contributed by atoms with Gasteiger partial charge in [0, 0.05) is 29.5 Å². The molecule has 1 atom stereocenters. The summed E-state index contributed by atoms with van der Waals surface area (Å²) in [6.45, 7) is 4.46. The molecule has 1 aliphatic rings. The lowest BCUT2D eigenvalue weighted by atomic mass is 9.92. The fourth-order valence-electron chi connectivity index (χ4n) is 3.68. The third kappa shape index (κ3) is 3.34. The Bertz CT molecular complexity index is 1050. The molecule has 0 fully saturated rings. The minimum Gasteiger partial charge on any atom is -0.356 e. The van der Waals surface area contributed by atoms with Gasteiger partial charge in [-0.05, 0) is 43.2 Å². The number of aromatic nitrogens is 3. The predicted octanol–water partition coefficient (Wildman–Crippen LogP) is 4.28. The van der Waals surface area contributed by atoms with E-state index >= 15 is 0 Å². The zero-order valence-electron chi connectivity index (χ0n) is 15.8. The third-order valence-electron chi connectivity index (χ3n) is 4.92. The third-order valence-corrected chi connectivity index (χ3v) is 5.17. The first-order valence-corrected chi connectivity index (χ1v) is 9.72. The molecule has 3 aromatic rings.